The predicted molar refractivity (Wildman–Crippen MR) is 124 cm³/mol. The van der Waals surface area contributed by atoms with E-state index in [1.165, 1.54) is 18.9 Å². The maximum absolute atomic E-state index is 11.8. The number of esters is 1. The van der Waals surface area contributed by atoms with E-state index >= 15 is 0 Å². The van der Waals surface area contributed by atoms with Crippen molar-refractivity contribution in [3.63, 3.8) is 0 Å². The summed E-state index contributed by atoms with van der Waals surface area (Å²) >= 11 is 0. The van der Waals surface area contributed by atoms with Gasteiger partial charge in [0, 0.05) is 18.8 Å². The molecule has 7 nitrogen and oxygen atoms in total. The first-order valence-electron chi connectivity index (χ1n) is 12.7. The van der Waals surface area contributed by atoms with Gasteiger partial charge in [0.15, 0.2) is 0 Å². The van der Waals surface area contributed by atoms with E-state index in [2.05, 4.69) is 30.5 Å². The van der Waals surface area contributed by atoms with Crippen LogP contribution in [0.15, 0.2) is 16.8 Å². The largest absolute Gasteiger partial charge is 0.462 e. The summed E-state index contributed by atoms with van der Waals surface area (Å²) in [5, 5.41) is 4.40. The average Bonchev–Trinajstić information content (AvgIpc) is 3.44. The quantitative estimate of drug-likeness (QED) is 0.216. The SMILES string of the molecule is CCOC(=O)NN=C(C)[C@@]12O[C@@H]1C[C@H]1[C@@H]3CC=C4CC(OC(C)=O)CC[C@]4(C)[C@H]3CC[C@@]12C. The molecule has 0 aromatic rings. The van der Waals surface area contributed by atoms with E-state index in [0.717, 1.165) is 44.2 Å². The van der Waals surface area contributed by atoms with Gasteiger partial charge in [-0.3, -0.25) is 4.79 Å². The number of hydrogen-bond donors (Lipinski definition) is 1. The molecule has 0 spiro atoms. The van der Waals surface area contributed by atoms with Gasteiger partial charge in [-0.2, -0.15) is 5.10 Å². The fourth-order valence-corrected chi connectivity index (χ4v) is 8.42. The summed E-state index contributed by atoms with van der Waals surface area (Å²) < 4.78 is 16.9. The summed E-state index contributed by atoms with van der Waals surface area (Å²) in [5.74, 6) is 1.72. The Labute approximate surface area is 196 Å². The van der Waals surface area contributed by atoms with Crippen LogP contribution in [-0.2, 0) is 19.0 Å². The van der Waals surface area contributed by atoms with E-state index in [1.807, 2.05) is 6.92 Å². The number of rotatable bonds is 4. The van der Waals surface area contributed by atoms with Crippen LogP contribution in [0.4, 0.5) is 4.79 Å². The van der Waals surface area contributed by atoms with E-state index in [-0.39, 0.29) is 34.6 Å². The molecule has 0 radical (unpaired) electrons. The highest BCUT2D eigenvalue weighted by atomic mass is 16.6. The van der Waals surface area contributed by atoms with Gasteiger partial charge >= 0.3 is 12.1 Å². The zero-order valence-electron chi connectivity index (χ0n) is 20.6. The minimum Gasteiger partial charge on any atom is -0.462 e. The van der Waals surface area contributed by atoms with Crippen molar-refractivity contribution in [2.45, 2.75) is 97.4 Å². The van der Waals surface area contributed by atoms with Crippen LogP contribution in [0, 0.1) is 28.6 Å². The summed E-state index contributed by atoms with van der Waals surface area (Å²) in [5.41, 5.74) is 4.79. The second-order valence-electron chi connectivity index (χ2n) is 11.3. The van der Waals surface area contributed by atoms with E-state index < -0.39 is 6.09 Å². The van der Waals surface area contributed by atoms with Crippen molar-refractivity contribution >= 4 is 17.8 Å². The second kappa shape index (κ2) is 7.82. The van der Waals surface area contributed by atoms with Crippen molar-refractivity contribution in [3.8, 4) is 0 Å². The summed E-state index contributed by atoms with van der Waals surface area (Å²) in [6, 6.07) is 0. The molecule has 7 heteroatoms. The number of nitrogens with zero attached hydrogens (tertiary/aromatic N) is 1. The summed E-state index contributed by atoms with van der Waals surface area (Å²) in [6.45, 7) is 10.5. The number of carbonyl (C=O) groups is 2. The zero-order valence-corrected chi connectivity index (χ0v) is 20.6. The highest BCUT2D eigenvalue weighted by Gasteiger charge is 2.78. The maximum atomic E-state index is 11.8. The van der Waals surface area contributed by atoms with Crippen molar-refractivity contribution in [3.05, 3.63) is 11.6 Å². The number of allylic oxidation sites excluding steroid dienone is 1. The van der Waals surface area contributed by atoms with Crippen molar-refractivity contribution < 1.29 is 23.8 Å². The Balaban J connectivity index is 1.36. The molecule has 0 bridgehead atoms. The predicted octanol–water partition coefficient (Wildman–Crippen LogP) is 4.75. The second-order valence-corrected chi connectivity index (χ2v) is 11.3. The lowest BCUT2D eigenvalue weighted by atomic mass is 9.47. The van der Waals surface area contributed by atoms with Crippen molar-refractivity contribution in [1.82, 2.24) is 5.43 Å². The first kappa shape index (κ1) is 22.9. The number of hydrogen-bond acceptors (Lipinski definition) is 6. The molecule has 1 saturated heterocycles. The normalized spacial score (nSPS) is 45.5. The molecule has 5 aliphatic rings. The lowest BCUT2D eigenvalue weighted by molar-refractivity contribution is -0.148. The van der Waals surface area contributed by atoms with Crippen LogP contribution in [0.25, 0.3) is 0 Å². The van der Waals surface area contributed by atoms with Crippen molar-refractivity contribution in [2.24, 2.45) is 33.7 Å². The number of fused-ring (bicyclic) bond motifs is 7. The Kier molecular flexibility index (Phi) is 5.42. The molecular weight excluding hydrogens is 420 g/mol. The van der Waals surface area contributed by atoms with E-state index in [0.29, 0.717) is 24.4 Å². The van der Waals surface area contributed by atoms with Gasteiger partial charge in [-0.05, 0) is 75.5 Å². The Morgan fingerprint density at radius 1 is 1.21 bits per heavy atom. The van der Waals surface area contributed by atoms with Gasteiger partial charge in [0.2, 0.25) is 0 Å². The van der Waals surface area contributed by atoms with Gasteiger partial charge < -0.3 is 14.2 Å². The monoisotopic (exact) mass is 458 g/mol. The highest BCUT2D eigenvalue weighted by Crippen LogP contribution is 2.73. The molecular formula is C26H38N2O5. The lowest BCUT2D eigenvalue weighted by Crippen LogP contribution is -2.54. The number of amides is 1. The first-order valence-corrected chi connectivity index (χ1v) is 12.7. The Morgan fingerprint density at radius 3 is 2.73 bits per heavy atom. The lowest BCUT2D eigenvalue weighted by Gasteiger charge is -2.58. The van der Waals surface area contributed by atoms with Gasteiger partial charge in [0.25, 0.3) is 0 Å². The third-order valence-corrected chi connectivity index (χ3v) is 9.95. The fourth-order valence-electron chi connectivity index (χ4n) is 8.42. The molecule has 1 aliphatic heterocycles. The van der Waals surface area contributed by atoms with Gasteiger partial charge in [0.1, 0.15) is 11.7 Å². The van der Waals surface area contributed by atoms with Crippen LogP contribution in [0.1, 0.15) is 79.6 Å². The molecule has 1 amide bonds. The van der Waals surface area contributed by atoms with Crippen LogP contribution in [-0.4, -0.2) is 42.2 Å². The molecule has 33 heavy (non-hydrogen) atoms. The molecule has 8 atom stereocenters. The first-order chi connectivity index (χ1) is 15.7. The minimum atomic E-state index is -0.518. The van der Waals surface area contributed by atoms with E-state index in [1.54, 1.807) is 6.92 Å². The van der Waals surface area contributed by atoms with Crippen molar-refractivity contribution in [2.75, 3.05) is 6.61 Å². The summed E-state index contributed by atoms with van der Waals surface area (Å²) in [4.78, 5) is 23.3. The third kappa shape index (κ3) is 3.28. The molecule has 1 heterocycles. The number of ether oxygens (including phenoxy) is 3. The molecule has 0 aromatic carbocycles. The van der Waals surface area contributed by atoms with Crippen molar-refractivity contribution in [1.29, 1.82) is 0 Å². The van der Waals surface area contributed by atoms with Crippen LogP contribution >= 0.6 is 0 Å². The molecule has 1 unspecified atom stereocenters. The molecule has 3 saturated carbocycles. The topological polar surface area (TPSA) is 89.5 Å². The average molecular weight is 459 g/mol. The number of nitrogens with one attached hydrogen (secondary N) is 1. The van der Waals surface area contributed by atoms with Gasteiger partial charge in [-0.1, -0.05) is 25.5 Å². The van der Waals surface area contributed by atoms with E-state index in [9.17, 15) is 9.59 Å². The van der Waals surface area contributed by atoms with Gasteiger partial charge in [-0.15, -0.1) is 0 Å². The van der Waals surface area contributed by atoms with Crippen LogP contribution < -0.4 is 5.43 Å². The molecule has 0 aromatic heterocycles. The van der Waals surface area contributed by atoms with Gasteiger partial charge in [0.05, 0.1) is 18.4 Å². The van der Waals surface area contributed by atoms with E-state index in [4.69, 9.17) is 14.2 Å². The van der Waals surface area contributed by atoms with Crippen LogP contribution in [0.3, 0.4) is 0 Å². The smallest absolute Gasteiger partial charge is 0.427 e. The van der Waals surface area contributed by atoms with Crippen LogP contribution in [0.5, 0.6) is 0 Å². The maximum Gasteiger partial charge on any atom is 0.427 e. The standard InChI is InChI=1S/C26H38N2O5/c1-6-31-23(30)28-27-15(2)26-22(33-26)14-21-19-8-7-17-13-18(32-16(3)29)9-11-24(17,4)20(19)10-12-25(21,26)5/h7,18-22H,6,8-14H2,1-5H3,(H,28,30)/t18?,19-,20+,21+,22-,24+,25+,26-/m1/s1. The summed E-state index contributed by atoms with van der Waals surface area (Å²) in [7, 11) is 0. The fraction of sp³-hybridized carbons (Fsp3) is 0.808. The Bertz CT molecular complexity index is 914. The molecule has 5 rings (SSSR count). The van der Waals surface area contributed by atoms with Crippen LogP contribution in [0.2, 0.25) is 0 Å². The Hall–Kier alpha value is -1.89. The number of hydrazone groups is 1. The minimum absolute atomic E-state index is 0.0272. The molecule has 4 aliphatic carbocycles. The third-order valence-electron chi connectivity index (χ3n) is 9.95. The molecule has 182 valence electrons. The molecule has 4 fully saturated rings. The highest BCUT2D eigenvalue weighted by molar-refractivity contribution is 5.95. The number of epoxide rings is 1. The number of carbonyl (C=O) groups excluding carboxylic acids is 2. The molecule has 1 N–H and O–H groups in total. The van der Waals surface area contributed by atoms with Gasteiger partial charge in [-0.25, -0.2) is 10.2 Å². The Morgan fingerprint density at radius 2 is 2.00 bits per heavy atom. The summed E-state index contributed by atoms with van der Waals surface area (Å²) in [6.07, 6.45) is 9.59. The zero-order chi connectivity index (χ0) is 23.6.